The average molecular weight is 328 g/mol. The van der Waals surface area contributed by atoms with E-state index in [2.05, 4.69) is 15.5 Å². The molecule has 1 aliphatic heterocycles. The second kappa shape index (κ2) is 10.4. The SMILES string of the molecule is CNCC1CCN(CC(=O)NCCOc2ccccc2)C1.Cl. The molecule has 1 fully saturated rings. The predicted molar refractivity (Wildman–Crippen MR) is 90.7 cm³/mol. The molecule has 0 radical (unpaired) electrons. The van der Waals surface area contributed by atoms with E-state index in [1.54, 1.807) is 0 Å². The number of likely N-dealkylation sites (tertiary alicyclic amines) is 1. The van der Waals surface area contributed by atoms with Gasteiger partial charge in [-0.1, -0.05) is 18.2 Å². The zero-order valence-electron chi connectivity index (χ0n) is 13.1. The van der Waals surface area contributed by atoms with Crippen LogP contribution in [0.4, 0.5) is 0 Å². The van der Waals surface area contributed by atoms with Crippen LogP contribution in [0.1, 0.15) is 6.42 Å². The third-order valence-electron chi connectivity index (χ3n) is 3.67. The highest BCUT2D eigenvalue weighted by Gasteiger charge is 2.23. The number of para-hydroxylation sites is 1. The van der Waals surface area contributed by atoms with E-state index >= 15 is 0 Å². The minimum Gasteiger partial charge on any atom is -0.492 e. The Balaban J connectivity index is 0.00000242. The van der Waals surface area contributed by atoms with Gasteiger partial charge in [-0.15, -0.1) is 12.4 Å². The lowest BCUT2D eigenvalue weighted by atomic mass is 10.1. The maximum atomic E-state index is 11.9. The number of nitrogens with zero attached hydrogens (tertiary/aromatic N) is 1. The van der Waals surface area contributed by atoms with Gasteiger partial charge in [0.1, 0.15) is 12.4 Å². The van der Waals surface area contributed by atoms with Crippen molar-refractivity contribution in [3.63, 3.8) is 0 Å². The minimum absolute atomic E-state index is 0. The van der Waals surface area contributed by atoms with Gasteiger partial charge in [0.25, 0.3) is 0 Å². The lowest BCUT2D eigenvalue weighted by Crippen LogP contribution is -2.38. The van der Waals surface area contributed by atoms with Crippen LogP contribution < -0.4 is 15.4 Å². The molecule has 1 heterocycles. The molecule has 1 aliphatic rings. The van der Waals surface area contributed by atoms with Gasteiger partial charge in [0.05, 0.1) is 13.1 Å². The summed E-state index contributed by atoms with van der Waals surface area (Å²) in [5, 5.41) is 6.10. The van der Waals surface area contributed by atoms with Crippen molar-refractivity contribution < 1.29 is 9.53 Å². The number of hydrogen-bond donors (Lipinski definition) is 2. The van der Waals surface area contributed by atoms with E-state index in [0.29, 0.717) is 25.6 Å². The highest BCUT2D eigenvalue weighted by Crippen LogP contribution is 2.14. The third kappa shape index (κ3) is 6.64. The Hall–Kier alpha value is -1.30. The van der Waals surface area contributed by atoms with Crippen LogP contribution >= 0.6 is 12.4 Å². The Kier molecular flexibility index (Phi) is 8.89. The van der Waals surface area contributed by atoms with Crippen molar-refractivity contribution in [2.75, 3.05) is 46.4 Å². The summed E-state index contributed by atoms with van der Waals surface area (Å²) in [5.41, 5.74) is 0. The average Bonchev–Trinajstić information content (AvgIpc) is 2.92. The van der Waals surface area contributed by atoms with E-state index in [4.69, 9.17) is 4.74 Å². The fourth-order valence-corrected chi connectivity index (χ4v) is 2.65. The summed E-state index contributed by atoms with van der Waals surface area (Å²) >= 11 is 0. The molecule has 22 heavy (non-hydrogen) atoms. The molecule has 5 nitrogen and oxygen atoms in total. The molecular weight excluding hydrogens is 302 g/mol. The molecule has 0 aromatic heterocycles. The fourth-order valence-electron chi connectivity index (χ4n) is 2.65. The number of carbonyl (C=O) groups is 1. The van der Waals surface area contributed by atoms with Gasteiger partial charge in [-0.25, -0.2) is 0 Å². The molecule has 1 saturated heterocycles. The number of rotatable bonds is 8. The first-order valence-corrected chi connectivity index (χ1v) is 7.59. The molecule has 1 atom stereocenters. The smallest absolute Gasteiger partial charge is 0.234 e. The second-order valence-corrected chi connectivity index (χ2v) is 5.46. The molecule has 0 aliphatic carbocycles. The van der Waals surface area contributed by atoms with E-state index in [1.807, 2.05) is 37.4 Å². The Labute approximate surface area is 138 Å². The van der Waals surface area contributed by atoms with Crippen molar-refractivity contribution in [2.24, 2.45) is 5.92 Å². The summed E-state index contributed by atoms with van der Waals surface area (Å²) in [6, 6.07) is 9.64. The van der Waals surface area contributed by atoms with Gasteiger partial charge in [-0.05, 0) is 44.6 Å². The number of benzene rings is 1. The standard InChI is InChI=1S/C16H25N3O2.ClH/c1-17-11-14-7-9-19(12-14)13-16(20)18-8-10-21-15-5-3-2-4-6-15;/h2-6,14,17H,7-13H2,1H3,(H,18,20);1H. The molecular formula is C16H26ClN3O2. The molecule has 1 aromatic rings. The Bertz CT molecular complexity index is 431. The van der Waals surface area contributed by atoms with Crippen LogP contribution in [0.3, 0.4) is 0 Å². The maximum Gasteiger partial charge on any atom is 0.234 e. The van der Waals surface area contributed by atoms with Crippen LogP contribution in [0.2, 0.25) is 0 Å². The number of amides is 1. The first-order valence-electron chi connectivity index (χ1n) is 7.59. The van der Waals surface area contributed by atoms with Crippen LogP contribution in [0, 0.1) is 5.92 Å². The highest BCUT2D eigenvalue weighted by molar-refractivity contribution is 5.85. The Morgan fingerprint density at radius 1 is 1.36 bits per heavy atom. The molecule has 0 spiro atoms. The van der Waals surface area contributed by atoms with Crippen LogP contribution in [0.25, 0.3) is 0 Å². The summed E-state index contributed by atoms with van der Waals surface area (Å²) in [4.78, 5) is 14.1. The molecule has 2 N–H and O–H groups in total. The van der Waals surface area contributed by atoms with Crippen LogP contribution in [-0.2, 0) is 4.79 Å². The first kappa shape index (κ1) is 18.7. The minimum atomic E-state index is 0. The molecule has 1 unspecified atom stereocenters. The van der Waals surface area contributed by atoms with Gasteiger partial charge in [0, 0.05) is 6.54 Å². The lowest BCUT2D eigenvalue weighted by Gasteiger charge is -2.15. The van der Waals surface area contributed by atoms with E-state index in [1.165, 1.54) is 6.42 Å². The summed E-state index contributed by atoms with van der Waals surface area (Å²) < 4.78 is 5.54. The number of hydrogen-bond acceptors (Lipinski definition) is 4. The molecule has 2 rings (SSSR count). The van der Waals surface area contributed by atoms with Gasteiger partial charge >= 0.3 is 0 Å². The largest absolute Gasteiger partial charge is 0.492 e. The zero-order valence-corrected chi connectivity index (χ0v) is 13.9. The van der Waals surface area contributed by atoms with Crippen molar-refractivity contribution >= 4 is 18.3 Å². The van der Waals surface area contributed by atoms with E-state index in [0.717, 1.165) is 25.4 Å². The van der Waals surface area contributed by atoms with E-state index < -0.39 is 0 Å². The normalized spacial score (nSPS) is 17.8. The third-order valence-corrected chi connectivity index (χ3v) is 3.67. The molecule has 124 valence electrons. The Morgan fingerprint density at radius 3 is 2.86 bits per heavy atom. The monoisotopic (exact) mass is 327 g/mol. The number of halogens is 1. The molecule has 0 bridgehead atoms. The number of ether oxygens (including phenoxy) is 1. The quantitative estimate of drug-likeness (QED) is 0.703. The topological polar surface area (TPSA) is 53.6 Å². The van der Waals surface area contributed by atoms with Gasteiger partial charge in [-0.2, -0.15) is 0 Å². The summed E-state index contributed by atoms with van der Waals surface area (Å²) in [7, 11) is 1.97. The van der Waals surface area contributed by atoms with E-state index in [9.17, 15) is 4.79 Å². The molecule has 1 amide bonds. The van der Waals surface area contributed by atoms with Crippen molar-refractivity contribution in [3.8, 4) is 5.75 Å². The van der Waals surface area contributed by atoms with Crippen LogP contribution in [0.5, 0.6) is 5.75 Å². The van der Waals surface area contributed by atoms with Crippen molar-refractivity contribution in [1.29, 1.82) is 0 Å². The fraction of sp³-hybridized carbons (Fsp3) is 0.562. The Morgan fingerprint density at radius 2 is 2.14 bits per heavy atom. The predicted octanol–water partition coefficient (Wildman–Crippen LogP) is 1.14. The molecule has 1 aromatic carbocycles. The zero-order chi connectivity index (χ0) is 14.9. The lowest BCUT2D eigenvalue weighted by molar-refractivity contribution is -0.122. The van der Waals surface area contributed by atoms with Crippen molar-refractivity contribution in [1.82, 2.24) is 15.5 Å². The van der Waals surface area contributed by atoms with Gasteiger partial charge in [0.15, 0.2) is 0 Å². The van der Waals surface area contributed by atoms with Crippen LogP contribution in [0.15, 0.2) is 30.3 Å². The molecule has 6 heteroatoms. The van der Waals surface area contributed by atoms with Gasteiger partial charge in [0.2, 0.25) is 5.91 Å². The van der Waals surface area contributed by atoms with Crippen molar-refractivity contribution in [3.05, 3.63) is 30.3 Å². The number of nitrogens with one attached hydrogen (secondary N) is 2. The maximum absolute atomic E-state index is 11.9. The second-order valence-electron chi connectivity index (χ2n) is 5.46. The van der Waals surface area contributed by atoms with Gasteiger partial charge in [-0.3, -0.25) is 9.69 Å². The van der Waals surface area contributed by atoms with E-state index in [-0.39, 0.29) is 18.3 Å². The van der Waals surface area contributed by atoms with Crippen molar-refractivity contribution in [2.45, 2.75) is 6.42 Å². The first-order chi connectivity index (χ1) is 10.3. The summed E-state index contributed by atoms with van der Waals surface area (Å²) in [6.07, 6.45) is 1.17. The molecule has 0 saturated carbocycles. The highest BCUT2D eigenvalue weighted by atomic mass is 35.5. The summed E-state index contributed by atoms with van der Waals surface area (Å²) in [6.45, 7) is 4.59. The number of carbonyl (C=O) groups excluding carboxylic acids is 1. The van der Waals surface area contributed by atoms with Gasteiger partial charge < -0.3 is 15.4 Å². The van der Waals surface area contributed by atoms with Crippen LogP contribution in [-0.4, -0.2) is 57.2 Å². The summed E-state index contributed by atoms with van der Waals surface area (Å²) in [5.74, 6) is 1.59.